The smallest absolute Gasteiger partial charge is 0.289 e. The van der Waals surface area contributed by atoms with Crippen molar-refractivity contribution in [3.63, 3.8) is 0 Å². The SMILES string of the molecule is CN1C(=O)C2=C(C(=O)C3CCCCC3O2)C1c1ccc(Cl)cc1. The number of carbonyl (C=O) groups excluding carboxylic acids is 2. The van der Waals surface area contributed by atoms with Crippen molar-refractivity contribution in [2.45, 2.75) is 37.8 Å². The molecular weight excluding hydrogens is 314 g/mol. The third-order valence-electron chi connectivity index (χ3n) is 5.18. The average molecular weight is 332 g/mol. The van der Waals surface area contributed by atoms with E-state index in [1.807, 2.05) is 12.1 Å². The molecule has 1 aliphatic carbocycles. The van der Waals surface area contributed by atoms with Gasteiger partial charge in [-0.15, -0.1) is 0 Å². The molecular formula is C18H18ClNO3. The number of Topliss-reactive ketones (excluding diaryl/α,β-unsaturated/α-hetero) is 1. The molecule has 3 unspecified atom stereocenters. The quantitative estimate of drug-likeness (QED) is 0.793. The van der Waals surface area contributed by atoms with Gasteiger partial charge in [0.25, 0.3) is 5.91 Å². The Balaban J connectivity index is 1.78. The molecule has 120 valence electrons. The number of halogens is 1. The number of hydrogen-bond donors (Lipinski definition) is 0. The van der Waals surface area contributed by atoms with Crippen LogP contribution >= 0.6 is 11.6 Å². The van der Waals surface area contributed by atoms with E-state index in [1.165, 1.54) is 0 Å². The van der Waals surface area contributed by atoms with Crippen molar-refractivity contribution in [1.82, 2.24) is 4.90 Å². The van der Waals surface area contributed by atoms with Crippen LogP contribution in [0.1, 0.15) is 37.3 Å². The van der Waals surface area contributed by atoms with Crippen LogP contribution in [0.2, 0.25) is 5.02 Å². The van der Waals surface area contributed by atoms with E-state index in [2.05, 4.69) is 0 Å². The molecule has 1 aromatic carbocycles. The van der Waals surface area contributed by atoms with E-state index in [9.17, 15) is 9.59 Å². The lowest BCUT2D eigenvalue weighted by Crippen LogP contribution is -2.39. The van der Waals surface area contributed by atoms with Crippen molar-refractivity contribution in [2.24, 2.45) is 5.92 Å². The van der Waals surface area contributed by atoms with Gasteiger partial charge in [-0.1, -0.05) is 30.2 Å². The van der Waals surface area contributed by atoms with Crippen molar-refractivity contribution in [3.8, 4) is 0 Å². The van der Waals surface area contributed by atoms with Crippen LogP contribution in [0, 0.1) is 5.92 Å². The van der Waals surface area contributed by atoms with Gasteiger partial charge in [0, 0.05) is 12.1 Å². The molecule has 0 radical (unpaired) electrons. The van der Waals surface area contributed by atoms with Crippen LogP contribution in [0.4, 0.5) is 0 Å². The van der Waals surface area contributed by atoms with Crippen LogP contribution < -0.4 is 0 Å². The van der Waals surface area contributed by atoms with Gasteiger partial charge < -0.3 is 9.64 Å². The molecule has 0 saturated heterocycles. The summed E-state index contributed by atoms with van der Waals surface area (Å²) in [6.07, 6.45) is 3.69. The van der Waals surface area contributed by atoms with Crippen LogP contribution in [0.15, 0.2) is 35.6 Å². The average Bonchev–Trinajstić information content (AvgIpc) is 2.81. The summed E-state index contributed by atoms with van der Waals surface area (Å²) >= 11 is 5.96. The number of rotatable bonds is 1. The molecule has 0 bridgehead atoms. The maximum atomic E-state index is 13.0. The number of carbonyl (C=O) groups is 2. The first-order valence-electron chi connectivity index (χ1n) is 8.05. The summed E-state index contributed by atoms with van der Waals surface area (Å²) in [5, 5.41) is 0.633. The topological polar surface area (TPSA) is 46.6 Å². The van der Waals surface area contributed by atoms with Gasteiger partial charge in [-0.25, -0.2) is 0 Å². The van der Waals surface area contributed by atoms with E-state index in [4.69, 9.17) is 16.3 Å². The third kappa shape index (κ3) is 2.19. The van der Waals surface area contributed by atoms with Crippen LogP contribution in [0.5, 0.6) is 0 Å². The Morgan fingerprint density at radius 1 is 1.13 bits per heavy atom. The molecule has 2 heterocycles. The number of amides is 1. The van der Waals surface area contributed by atoms with E-state index in [0.29, 0.717) is 10.6 Å². The summed E-state index contributed by atoms with van der Waals surface area (Å²) in [4.78, 5) is 27.2. The molecule has 0 N–H and O–H groups in total. The molecule has 1 fully saturated rings. The predicted molar refractivity (Wildman–Crippen MR) is 85.8 cm³/mol. The molecule has 3 atom stereocenters. The standard InChI is InChI=1S/C18H18ClNO3/c1-20-15(10-6-8-11(19)9-7-10)14-16(21)12-4-2-3-5-13(12)23-17(14)18(20)22/h6-9,12-13,15H,2-5H2,1H3. The monoisotopic (exact) mass is 331 g/mol. The highest BCUT2D eigenvalue weighted by molar-refractivity contribution is 6.30. The molecule has 4 rings (SSSR count). The van der Waals surface area contributed by atoms with Gasteiger partial charge >= 0.3 is 0 Å². The summed E-state index contributed by atoms with van der Waals surface area (Å²) in [6, 6.07) is 6.93. The first kappa shape index (κ1) is 14.8. The molecule has 4 nitrogen and oxygen atoms in total. The Kier molecular flexibility index (Phi) is 3.45. The second-order valence-corrected chi connectivity index (χ2v) is 6.96. The Morgan fingerprint density at radius 2 is 1.83 bits per heavy atom. The van der Waals surface area contributed by atoms with Gasteiger partial charge in [-0.3, -0.25) is 9.59 Å². The molecule has 5 heteroatoms. The molecule has 0 aromatic heterocycles. The lowest BCUT2D eigenvalue weighted by atomic mass is 9.77. The fourth-order valence-electron chi connectivity index (χ4n) is 4.00. The van der Waals surface area contributed by atoms with Gasteiger partial charge in [0.1, 0.15) is 6.10 Å². The minimum Gasteiger partial charge on any atom is -0.483 e. The zero-order valence-electron chi connectivity index (χ0n) is 12.9. The van der Waals surface area contributed by atoms with Crippen molar-refractivity contribution in [3.05, 3.63) is 46.2 Å². The van der Waals surface area contributed by atoms with Gasteiger partial charge in [0.05, 0.1) is 17.5 Å². The predicted octanol–water partition coefficient (Wildman–Crippen LogP) is 3.27. The number of benzene rings is 1. The third-order valence-corrected chi connectivity index (χ3v) is 5.43. The first-order valence-corrected chi connectivity index (χ1v) is 8.43. The maximum absolute atomic E-state index is 13.0. The van der Waals surface area contributed by atoms with Gasteiger partial charge in [0.15, 0.2) is 11.5 Å². The second kappa shape index (κ2) is 5.38. The second-order valence-electron chi connectivity index (χ2n) is 6.52. The van der Waals surface area contributed by atoms with Gasteiger partial charge in [-0.05, 0) is 37.0 Å². The normalized spacial score (nSPS) is 30.2. The van der Waals surface area contributed by atoms with E-state index in [0.717, 1.165) is 31.2 Å². The molecule has 3 aliphatic rings. The zero-order chi connectivity index (χ0) is 16.1. The van der Waals surface area contributed by atoms with Gasteiger partial charge in [0.2, 0.25) is 0 Å². The summed E-state index contributed by atoms with van der Waals surface area (Å²) in [6.45, 7) is 0. The highest BCUT2D eigenvalue weighted by Gasteiger charge is 2.50. The Morgan fingerprint density at radius 3 is 2.57 bits per heavy atom. The number of likely N-dealkylation sites (N-methyl/N-ethyl adjacent to an activating group) is 1. The zero-order valence-corrected chi connectivity index (χ0v) is 13.7. The lowest BCUT2D eigenvalue weighted by molar-refractivity contribution is -0.134. The van der Waals surface area contributed by atoms with E-state index < -0.39 is 0 Å². The van der Waals surface area contributed by atoms with Crippen LogP contribution in [0.25, 0.3) is 0 Å². The Bertz CT molecular complexity index is 709. The van der Waals surface area contributed by atoms with E-state index in [-0.39, 0.29) is 35.5 Å². The molecule has 0 spiro atoms. The van der Waals surface area contributed by atoms with Crippen molar-refractivity contribution in [1.29, 1.82) is 0 Å². The summed E-state index contributed by atoms with van der Waals surface area (Å²) in [5.41, 5.74) is 1.42. The minimum absolute atomic E-state index is 0.0913. The minimum atomic E-state index is -0.370. The highest BCUT2D eigenvalue weighted by atomic mass is 35.5. The number of fused-ring (bicyclic) bond motifs is 1. The van der Waals surface area contributed by atoms with Crippen molar-refractivity contribution >= 4 is 23.3 Å². The van der Waals surface area contributed by atoms with E-state index >= 15 is 0 Å². The maximum Gasteiger partial charge on any atom is 0.289 e. The Hall–Kier alpha value is -1.81. The molecule has 1 amide bonds. The van der Waals surface area contributed by atoms with Crippen molar-refractivity contribution in [2.75, 3.05) is 7.05 Å². The number of ether oxygens (including phenoxy) is 1. The van der Waals surface area contributed by atoms with Gasteiger partial charge in [-0.2, -0.15) is 0 Å². The number of nitrogens with zero attached hydrogens (tertiary/aromatic N) is 1. The van der Waals surface area contributed by atoms with Crippen LogP contribution in [0.3, 0.4) is 0 Å². The largest absolute Gasteiger partial charge is 0.483 e. The summed E-state index contributed by atoms with van der Waals surface area (Å²) < 4.78 is 5.98. The molecule has 2 aliphatic heterocycles. The molecule has 23 heavy (non-hydrogen) atoms. The number of hydrogen-bond acceptors (Lipinski definition) is 3. The molecule has 1 saturated carbocycles. The highest BCUT2D eigenvalue weighted by Crippen LogP contribution is 2.46. The van der Waals surface area contributed by atoms with Crippen LogP contribution in [-0.2, 0) is 14.3 Å². The number of ketones is 1. The fraction of sp³-hybridized carbons (Fsp3) is 0.444. The summed E-state index contributed by atoms with van der Waals surface area (Å²) in [7, 11) is 1.72. The summed E-state index contributed by atoms with van der Waals surface area (Å²) in [5.74, 6) is 0.0584. The Labute approximate surface area is 140 Å². The van der Waals surface area contributed by atoms with Crippen molar-refractivity contribution < 1.29 is 14.3 Å². The first-order chi connectivity index (χ1) is 11.1. The fourth-order valence-corrected chi connectivity index (χ4v) is 4.12. The lowest BCUT2D eigenvalue weighted by Gasteiger charge is -2.35. The van der Waals surface area contributed by atoms with Crippen LogP contribution in [-0.4, -0.2) is 29.7 Å². The molecule has 1 aromatic rings. The van der Waals surface area contributed by atoms with E-state index in [1.54, 1.807) is 24.1 Å².